The van der Waals surface area contributed by atoms with Gasteiger partial charge in [0.05, 0.1) is 41.4 Å². The van der Waals surface area contributed by atoms with Crippen molar-refractivity contribution in [3.8, 4) is 11.5 Å². The second-order valence-electron chi connectivity index (χ2n) is 10.1. The minimum Gasteiger partial charge on any atom is -0.504 e. The van der Waals surface area contributed by atoms with Crippen LogP contribution < -0.4 is 15.4 Å². The van der Waals surface area contributed by atoms with Gasteiger partial charge in [0.15, 0.2) is 11.5 Å². The van der Waals surface area contributed by atoms with E-state index in [0.717, 1.165) is 65.9 Å². The van der Waals surface area contributed by atoms with Crippen molar-refractivity contribution in [3.05, 3.63) is 55.9 Å². The van der Waals surface area contributed by atoms with E-state index in [1.807, 2.05) is 16.8 Å². The van der Waals surface area contributed by atoms with Gasteiger partial charge in [-0.2, -0.15) is 0 Å². The van der Waals surface area contributed by atoms with Crippen LogP contribution in [0, 0.1) is 5.92 Å². The lowest BCUT2D eigenvalue weighted by Gasteiger charge is -2.32. The van der Waals surface area contributed by atoms with Gasteiger partial charge >= 0.3 is 0 Å². The van der Waals surface area contributed by atoms with Crippen LogP contribution in [0.5, 0.6) is 11.5 Å². The Kier molecular flexibility index (Phi) is 11.3. The van der Waals surface area contributed by atoms with E-state index in [1.54, 1.807) is 34.8 Å². The topological polar surface area (TPSA) is 117 Å². The minimum atomic E-state index is -0.0546. The SMILES string of the molecule is CCc1nc(CC(=O)NCCN2CCCC(Cc3nc(CC(=O)NCCc4ccc(OC)c(O)c4)cs3)C2)cs1. The average Bonchev–Trinajstić information content (AvgIpc) is 3.58. The Bertz CT molecular complexity index is 1260. The summed E-state index contributed by atoms with van der Waals surface area (Å²) < 4.78 is 5.06. The third kappa shape index (κ3) is 9.28. The Morgan fingerprint density at radius 1 is 1.07 bits per heavy atom. The number of methoxy groups -OCH3 is 1. The van der Waals surface area contributed by atoms with Crippen LogP contribution in [0.15, 0.2) is 29.0 Å². The zero-order chi connectivity index (χ0) is 28.3. The molecule has 1 aliphatic heterocycles. The number of likely N-dealkylation sites (tertiary alicyclic amines) is 1. The first-order valence-electron chi connectivity index (χ1n) is 13.9. The molecule has 4 rings (SSSR count). The summed E-state index contributed by atoms with van der Waals surface area (Å²) in [5, 5.41) is 22.0. The van der Waals surface area contributed by atoms with Crippen LogP contribution in [0.2, 0.25) is 0 Å². The smallest absolute Gasteiger partial charge is 0.226 e. The monoisotopic (exact) mass is 585 g/mol. The van der Waals surface area contributed by atoms with Crippen molar-refractivity contribution in [2.75, 3.05) is 39.8 Å². The number of thiazole rings is 2. The molecule has 0 aliphatic carbocycles. The average molecular weight is 586 g/mol. The number of phenolic OH excluding ortho intramolecular Hbond substituents is 1. The molecule has 11 heteroatoms. The molecule has 0 bridgehead atoms. The van der Waals surface area contributed by atoms with Gasteiger partial charge in [-0.1, -0.05) is 13.0 Å². The molecule has 0 spiro atoms. The first-order valence-corrected chi connectivity index (χ1v) is 15.7. The third-order valence-electron chi connectivity index (χ3n) is 6.98. The van der Waals surface area contributed by atoms with Crippen LogP contribution in [-0.2, 0) is 41.7 Å². The number of nitrogens with zero attached hydrogens (tertiary/aromatic N) is 3. The number of hydrogen-bond donors (Lipinski definition) is 3. The second-order valence-corrected chi connectivity index (χ2v) is 12.0. The molecule has 0 saturated carbocycles. The highest BCUT2D eigenvalue weighted by Crippen LogP contribution is 2.26. The third-order valence-corrected chi connectivity index (χ3v) is 8.94. The molecule has 1 fully saturated rings. The molecule has 40 heavy (non-hydrogen) atoms. The van der Waals surface area contributed by atoms with Gasteiger partial charge in [0.2, 0.25) is 11.8 Å². The molecule has 1 aliphatic rings. The molecule has 1 atom stereocenters. The van der Waals surface area contributed by atoms with Crippen molar-refractivity contribution < 1.29 is 19.4 Å². The number of aromatic hydroxyl groups is 1. The summed E-state index contributed by atoms with van der Waals surface area (Å²) in [6.07, 6.45) is 5.36. The summed E-state index contributed by atoms with van der Waals surface area (Å²) in [6, 6.07) is 5.26. The second kappa shape index (κ2) is 15.1. The van der Waals surface area contributed by atoms with Gasteiger partial charge in [0.1, 0.15) is 0 Å². The Hall–Kier alpha value is -3.02. The van der Waals surface area contributed by atoms with Crippen molar-refractivity contribution in [2.45, 2.75) is 51.9 Å². The number of piperidine rings is 1. The summed E-state index contributed by atoms with van der Waals surface area (Å²) in [4.78, 5) is 36.3. The van der Waals surface area contributed by atoms with Crippen molar-refractivity contribution in [2.24, 2.45) is 5.92 Å². The summed E-state index contributed by atoms with van der Waals surface area (Å²) in [5.41, 5.74) is 2.59. The number of rotatable bonds is 14. The molecular formula is C29H39N5O4S2. The fourth-order valence-electron chi connectivity index (χ4n) is 4.93. The van der Waals surface area contributed by atoms with E-state index < -0.39 is 0 Å². The molecule has 216 valence electrons. The molecule has 1 saturated heterocycles. The molecule has 9 nitrogen and oxygen atoms in total. The number of nitrogens with one attached hydrogen (secondary N) is 2. The maximum absolute atomic E-state index is 12.4. The normalized spacial score (nSPS) is 15.6. The minimum absolute atomic E-state index is 0.0286. The molecular weight excluding hydrogens is 546 g/mol. The van der Waals surface area contributed by atoms with E-state index in [9.17, 15) is 14.7 Å². The maximum Gasteiger partial charge on any atom is 0.226 e. The number of benzene rings is 1. The highest BCUT2D eigenvalue weighted by molar-refractivity contribution is 7.09. The fraction of sp³-hybridized carbons (Fsp3) is 0.517. The van der Waals surface area contributed by atoms with Gasteiger partial charge in [-0.15, -0.1) is 22.7 Å². The summed E-state index contributed by atoms with van der Waals surface area (Å²) in [7, 11) is 1.51. The fourth-order valence-corrected chi connectivity index (χ4v) is 6.58. The van der Waals surface area contributed by atoms with E-state index in [4.69, 9.17) is 9.72 Å². The van der Waals surface area contributed by atoms with Crippen LogP contribution >= 0.6 is 22.7 Å². The highest BCUT2D eigenvalue weighted by Gasteiger charge is 2.21. The molecule has 3 N–H and O–H groups in total. The van der Waals surface area contributed by atoms with Crippen LogP contribution in [0.3, 0.4) is 0 Å². The number of carbonyl (C=O) groups is 2. The van der Waals surface area contributed by atoms with Gasteiger partial charge < -0.3 is 25.4 Å². The molecule has 2 aromatic heterocycles. The first-order chi connectivity index (χ1) is 19.4. The quantitative estimate of drug-likeness (QED) is 0.266. The number of carbonyl (C=O) groups excluding carboxylic acids is 2. The van der Waals surface area contributed by atoms with Gasteiger partial charge in [-0.25, -0.2) is 9.97 Å². The molecule has 0 radical (unpaired) electrons. The van der Waals surface area contributed by atoms with E-state index in [-0.39, 0.29) is 24.0 Å². The van der Waals surface area contributed by atoms with E-state index in [1.165, 1.54) is 13.5 Å². The van der Waals surface area contributed by atoms with Crippen molar-refractivity contribution >= 4 is 34.5 Å². The largest absolute Gasteiger partial charge is 0.504 e. The number of hydrogen-bond acceptors (Lipinski definition) is 9. The summed E-state index contributed by atoms with van der Waals surface area (Å²) in [6.45, 7) is 6.11. The highest BCUT2D eigenvalue weighted by atomic mass is 32.1. The Balaban J connectivity index is 1.13. The lowest BCUT2D eigenvalue weighted by atomic mass is 9.95. The number of ether oxygens (including phenoxy) is 1. The Morgan fingerprint density at radius 3 is 2.45 bits per heavy atom. The Labute approximate surface area is 244 Å². The summed E-state index contributed by atoms with van der Waals surface area (Å²) >= 11 is 3.24. The van der Waals surface area contributed by atoms with Crippen LogP contribution in [0.4, 0.5) is 0 Å². The van der Waals surface area contributed by atoms with Crippen molar-refractivity contribution in [1.82, 2.24) is 25.5 Å². The van der Waals surface area contributed by atoms with Crippen LogP contribution in [-0.4, -0.2) is 71.6 Å². The predicted molar refractivity (Wildman–Crippen MR) is 158 cm³/mol. The van der Waals surface area contributed by atoms with E-state index in [0.29, 0.717) is 37.6 Å². The van der Waals surface area contributed by atoms with Crippen LogP contribution in [0.1, 0.15) is 46.7 Å². The predicted octanol–water partition coefficient (Wildman–Crippen LogP) is 3.39. The number of aromatic nitrogens is 2. The summed E-state index contributed by atoms with van der Waals surface area (Å²) in [5.74, 6) is 1.04. The lowest BCUT2D eigenvalue weighted by Crippen LogP contribution is -2.41. The number of amides is 2. The first kappa shape index (κ1) is 30.0. The Morgan fingerprint density at radius 2 is 1.77 bits per heavy atom. The maximum atomic E-state index is 12.4. The molecule has 3 heterocycles. The van der Waals surface area contributed by atoms with E-state index in [2.05, 4.69) is 27.4 Å². The van der Waals surface area contributed by atoms with Crippen molar-refractivity contribution in [1.29, 1.82) is 0 Å². The number of phenols is 1. The standard InChI is InChI=1S/C29H39N5O4S2/c1-3-28-32-22(18-39-28)15-27(37)31-10-12-34-11-4-5-21(17-34)14-29-33-23(19-40-29)16-26(36)30-9-8-20-6-7-25(38-2)24(35)13-20/h6-7,13,18-19,21,35H,3-5,8-12,14-17H2,1-2H3,(H,30,36)(H,31,37). The van der Waals surface area contributed by atoms with Gasteiger partial charge in [-0.3, -0.25) is 9.59 Å². The zero-order valence-electron chi connectivity index (χ0n) is 23.3. The van der Waals surface area contributed by atoms with Gasteiger partial charge in [0, 0.05) is 43.4 Å². The molecule has 1 unspecified atom stereocenters. The van der Waals surface area contributed by atoms with Gasteiger partial charge in [0.25, 0.3) is 0 Å². The van der Waals surface area contributed by atoms with Crippen LogP contribution in [0.25, 0.3) is 0 Å². The molecule has 3 aromatic rings. The number of aryl methyl sites for hydroxylation is 1. The van der Waals surface area contributed by atoms with Gasteiger partial charge in [-0.05, 0) is 55.8 Å². The molecule has 2 amide bonds. The van der Waals surface area contributed by atoms with Crippen molar-refractivity contribution in [3.63, 3.8) is 0 Å². The van der Waals surface area contributed by atoms with E-state index >= 15 is 0 Å². The zero-order valence-corrected chi connectivity index (χ0v) is 24.9. The lowest BCUT2D eigenvalue weighted by molar-refractivity contribution is -0.121. The molecule has 1 aromatic carbocycles.